The molecule has 0 aliphatic carbocycles. The van der Waals surface area contributed by atoms with Crippen LogP contribution in [0.2, 0.25) is 5.02 Å². The highest BCUT2D eigenvalue weighted by Crippen LogP contribution is 2.34. The van der Waals surface area contributed by atoms with Crippen LogP contribution in [-0.4, -0.2) is 46.9 Å². The monoisotopic (exact) mass is 493 g/mol. The van der Waals surface area contributed by atoms with Crippen LogP contribution in [0, 0.1) is 11.8 Å². The van der Waals surface area contributed by atoms with Crippen molar-refractivity contribution in [3.63, 3.8) is 0 Å². The first-order chi connectivity index (χ1) is 17.0. The van der Waals surface area contributed by atoms with Gasteiger partial charge < -0.3 is 14.6 Å². The van der Waals surface area contributed by atoms with Gasteiger partial charge in [-0.15, -0.1) is 0 Å². The summed E-state index contributed by atoms with van der Waals surface area (Å²) < 4.78 is 5.89. The molecule has 186 valence electrons. The standard InChI is InChI=1S/C29H36ClN3O2/c1-20(2)16-33(17-21-14-22-6-3-4-13-35-28(22)26(30)15-21)29(34)24-10-12-32(19-24)18-23-7-5-8-27-25(23)9-11-31-27/h5,7-9,11,14-15,20,24,31H,3-4,6,10,12-13,16-19H2,1-2H3/t24-/m1/s1. The Hall–Kier alpha value is -2.50. The summed E-state index contributed by atoms with van der Waals surface area (Å²) in [4.78, 5) is 21.5. The molecule has 6 heteroatoms. The minimum Gasteiger partial charge on any atom is -0.492 e. The summed E-state index contributed by atoms with van der Waals surface area (Å²) >= 11 is 6.61. The van der Waals surface area contributed by atoms with Gasteiger partial charge >= 0.3 is 0 Å². The van der Waals surface area contributed by atoms with Crippen LogP contribution in [-0.2, 0) is 24.3 Å². The molecule has 3 aromatic rings. The third-order valence-electron chi connectivity index (χ3n) is 7.24. The average Bonchev–Trinajstić information content (AvgIpc) is 3.43. The highest BCUT2D eigenvalue weighted by molar-refractivity contribution is 6.32. The molecule has 0 unspecified atom stereocenters. The zero-order valence-corrected chi connectivity index (χ0v) is 21.6. The lowest BCUT2D eigenvalue weighted by molar-refractivity contribution is -0.136. The molecule has 3 heterocycles. The van der Waals surface area contributed by atoms with Gasteiger partial charge in [-0.25, -0.2) is 0 Å². The average molecular weight is 494 g/mol. The minimum atomic E-state index is 0.0406. The normalized spacial score (nSPS) is 18.5. The van der Waals surface area contributed by atoms with Gasteiger partial charge in [-0.3, -0.25) is 9.69 Å². The predicted octanol–water partition coefficient (Wildman–Crippen LogP) is 6.04. The molecule has 1 N–H and O–H groups in total. The minimum absolute atomic E-state index is 0.0406. The van der Waals surface area contributed by atoms with Crippen LogP contribution in [0.1, 0.15) is 49.8 Å². The summed E-state index contributed by atoms with van der Waals surface area (Å²) in [6.07, 6.45) is 6.04. The first-order valence-electron chi connectivity index (χ1n) is 13.0. The van der Waals surface area contributed by atoms with E-state index in [1.165, 1.54) is 22.0 Å². The maximum absolute atomic E-state index is 13.7. The first kappa shape index (κ1) is 24.2. The molecule has 0 radical (unpaired) electrons. The van der Waals surface area contributed by atoms with Gasteiger partial charge in [0.1, 0.15) is 5.75 Å². The van der Waals surface area contributed by atoms with Crippen LogP contribution in [0.3, 0.4) is 0 Å². The van der Waals surface area contributed by atoms with Crippen molar-refractivity contribution in [3.8, 4) is 5.75 Å². The lowest BCUT2D eigenvalue weighted by Crippen LogP contribution is -2.39. The molecule has 1 saturated heterocycles. The SMILES string of the molecule is CC(C)CN(Cc1cc(Cl)c2c(c1)CCCCO2)C(=O)[C@@H]1CCN(Cc2cccc3[nH]ccc23)C1. The van der Waals surface area contributed by atoms with E-state index in [9.17, 15) is 4.79 Å². The van der Waals surface area contributed by atoms with Crippen LogP contribution >= 0.6 is 11.6 Å². The van der Waals surface area contributed by atoms with Crippen LogP contribution < -0.4 is 4.74 Å². The number of halogens is 1. The van der Waals surface area contributed by atoms with E-state index in [0.717, 1.165) is 69.8 Å². The predicted molar refractivity (Wildman–Crippen MR) is 142 cm³/mol. The number of amides is 1. The van der Waals surface area contributed by atoms with Crippen molar-refractivity contribution in [2.75, 3.05) is 26.2 Å². The quantitative estimate of drug-likeness (QED) is 0.436. The van der Waals surface area contributed by atoms with Crippen LogP contribution in [0.15, 0.2) is 42.6 Å². The van der Waals surface area contributed by atoms with Crippen molar-refractivity contribution in [1.82, 2.24) is 14.8 Å². The highest BCUT2D eigenvalue weighted by Gasteiger charge is 2.32. The summed E-state index contributed by atoms with van der Waals surface area (Å²) in [6.45, 7) is 9.08. The van der Waals surface area contributed by atoms with Gasteiger partial charge in [0.2, 0.25) is 5.91 Å². The van der Waals surface area contributed by atoms with Gasteiger partial charge in [-0.2, -0.15) is 0 Å². The second-order valence-electron chi connectivity index (χ2n) is 10.6. The number of aromatic amines is 1. The number of aryl methyl sites for hydroxylation is 1. The summed E-state index contributed by atoms with van der Waals surface area (Å²) in [5, 5.41) is 1.94. The Kier molecular flexibility index (Phi) is 7.35. The Morgan fingerprint density at radius 1 is 1.26 bits per heavy atom. The first-order valence-corrected chi connectivity index (χ1v) is 13.4. The van der Waals surface area contributed by atoms with Gasteiger partial charge in [0.15, 0.2) is 0 Å². The van der Waals surface area contributed by atoms with Gasteiger partial charge in [0.05, 0.1) is 17.5 Å². The smallest absolute Gasteiger partial charge is 0.227 e. The van der Waals surface area contributed by atoms with E-state index in [-0.39, 0.29) is 11.8 Å². The van der Waals surface area contributed by atoms with Crippen LogP contribution in [0.25, 0.3) is 10.9 Å². The fourth-order valence-corrected chi connectivity index (χ4v) is 5.92. The van der Waals surface area contributed by atoms with E-state index < -0.39 is 0 Å². The number of benzene rings is 2. The second kappa shape index (κ2) is 10.6. The Balaban J connectivity index is 1.28. The van der Waals surface area contributed by atoms with E-state index in [1.807, 2.05) is 12.3 Å². The molecular weight excluding hydrogens is 458 g/mol. The third kappa shape index (κ3) is 5.52. The van der Waals surface area contributed by atoms with Gasteiger partial charge in [0, 0.05) is 43.3 Å². The van der Waals surface area contributed by atoms with Crippen LogP contribution in [0.4, 0.5) is 0 Å². The lowest BCUT2D eigenvalue weighted by atomic mass is 10.0. The molecule has 2 aromatic carbocycles. The number of carbonyl (C=O) groups is 1. The molecule has 1 aromatic heterocycles. The second-order valence-corrected chi connectivity index (χ2v) is 11.0. The molecule has 1 amide bonds. The van der Waals surface area contributed by atoms with Gasteiger partial charge in [-0.1, -0.05) is 43.6 Å². The summed E-state index contributed by atoms with van der Waals surface area (Å²) in [5.74, 6) is 1.54. The summed E-state index contributed by atoms with van der Waals surface area (Å²) in [7, 11) is 0. The van der Waals surface area contributed by atoms with Gasteiger partial charge in [-0.05, 0) is 73.0 Å². The molecule has 0 saturated carbocycles. The molecule has 0 spiro atoms. The number of aromatic nitrogens is 1. The summed E-state index contributed by atoms with van der Waals surface area (Å²) in [5.41, 5.74) is 4.76. The Labute approximate surface area is 213 Å². The van der Waals surface area contributed by atoms with Crippen molar-refractivity contribution in [3.05, 3.63) is 64.3 Å². The molecule has 1 fully saturated rings. The van der Waals surface area contributed by atoms with Crippen molar-refractivity contribution < 1.29 is 9.53 Å². The van der Waals surface area contributed by atoms with Crippen molar-refractivity contribution in [2.45, 2.75) is 52.6 Å². The van der Waals surface area contributed by atoms with Crippen molar-refractivity contribution >= 4 is 28.4 Å². The zero-order valence-electron chi connectivity index (χ0n) is 20.9. The molecule has 1 atom stereocenters. The fraction of sp³-hybridized carbons (Fsp3) is 0.483. The third-order valence-corrected chi connectivity index (χ3v) is 7.52. The largest absolute Gasteiger partial charge is 0.492 e. The molecular formula is C29H36ClN3O2. The van der Waals surface area contributed by atoms with E-state index in [4.69, 9.17) is 16.3 Å². The molecule has 5 nitrogen and oxygen atoms in total. The topological polar surface area (TPSA) is 48.6 Å². The van der Waals surface area contributed by atoms with Crippen molar-refractivity contribution in [1.29, 1.82) is 0 Å². The number of likely N-dealkylation sites (tertiary alicyclic amines) is 1. The molecule has 35 heavy (non-hydrogen) atoms. The number of hydrogen-bond donors (Lipinski definition) is 1. The molecule has 0 bridgehead atoms. The maximum Gasteiger partial charge on any atom is 0.227 e. The van der Waals surface area contributed by atoms with E-state index in [0.29, 0.717) is 17.5 Å². The number of nitrogens with one attached hydrogen (secondary N) is 1. The number of ether oxygens (including phenoxy) is 1. The fourth-order valence-electron chi connectivity index (χ4n) is 5.60. The Morgan fingerprint density at radius 3 is 3.00 bits per heavy atom. The molecule has 5 rings (SSSR count). The number of fused-ring (bicyclic) bond motifs is 2. The summed E-state index contributed by atoms with van der Waals surface area (Å²) in [6, 6.07) is 12.7. The van der Waals surface area contributed by atoms with Crippen molar-refractivity contribution in [2.24, 2.45) is 11.8 Å². The Bertz CT molecular complexity index is 1190. The Morgan fingerprint density at radius 2 is 2.14 bits per heavy atom. The highest BCUT2D eigenvalue weighted by atomic mass is 35.5. The van der Waals surface area contributed by atoms with Crippen LogP contribution in [0.5, 0.6) is 5.75 Å². The number of carbonyl (C=O) groups excluding carboxylic acids is 1. The number of nitrogens with zero attached hydrogens (tertiary/aromatic N) is 2. The van der Waals surface area contributed by atoms with E-state index in [2.05, 4.69) is 59.0 Å². The van der Waals surface area contributed by atoms with Gasteiger partial charge in [0.25, 0.3) is 0 Å². The maximum atomic E-state index is 13.7. The van der Waals surface area contributed by atoms with E-state index >= 15 is 0 Å². The molecule has 2 aliphatic heterocycles. The number of hydrogen-bond acceptors (Lipinski definition) is 3. The lowest BCUT2D eigenvalue weighted by Gasteiger charge is -2.28. The number of rotatable bonds is 7. The zero-order chi connectivity index (χ0) is 24.4. The van der Waals surface area contributed by atoms with E-state index in [1.54, 1.807) is 0 Å². The number of H-pyrrole nitrogens is 1. The molecule has 2 aliphatic rings.